The first-order valence-electron chi connectivity index (χ1n) is 10.00. The Bertz CT molecular complexity index is 856. The molecule has 0 spiro atoms. The molecule has 4 rings (SSSR count). The number of ether oxygens (including phenoxy) is 1. The number of halogens is 1. The van der Waals surface area contributed by atoms with Gasteiger partial charge in [-0.1, -0.05) is 31.2 Å². The van der Waals surface area contributed by atoms with Crippen molar-refractivity contribution in [1.29, 1.82) is 0 Å². The third-order valence-electron chi connectivity index (χ3n) is 6.62. The van der Waals surface area contributed by atoms with E-state index in [1.54, 1.807) is 12.1 Å². The number of aromatic hydroxyl groups is 1. The number of hydrogen-bond acceptors (Lipinski definition) is 3. The Balaban J connectivity index is 1.75. The fraction of sp³-hybridized carbons (Fsp3) is 0.417. The van der Waals surface area contributed by atoms with Crippen molar-refractivity contribution in [2.24, 2.45) is 11.3 Å². The summed E-state index contributed by atoms with van der Waals surface area (Å²) in [4.78, 5) is 0. The highest BCUT2D eigenvalue weighted by Crippen LogP contribution is 2.57. The lowest BCUT2D eigenvalue weighted by Gasteiger charge is -2.41. The molecule has 0 heterocycles. The molecule has 2 aromatic carbocycles. The summed E-state index contributed by atoms with van der Waals surface area (Å²) in [6.07, 6.45) is 3.51. The van der Waals surface area contributed by atoms with Crippen LogP contribution in [0, 0.1) is 11.3 Å². The Kier molecular flexibility index (Phi) is 5.39. The second-order valence-electron chi connectivity index (χ2n) is 8.24. The van der Waals surface area contributed by atoms with Gasteiger partial charge in [0.1, 0.15) is 18.1 Å². The molecule has 0 saturated heterocycles. The number of rotatable bonds is 5. The number of phenols is 1. The van der Waals surface area contributed by atoms with Crippen molar-refractivity contribution in [1.82, 2.24) is 0 Å². The van der Waals surface area contributed by atoms with E-state index in [1.807, 2.05) is 24.3 Å². The van der Waals surface area contributed by atoms with E-state index in [9.17, 15) is 10.2 Å². The molecule has 0 aliphatic heterocycles. The van der Waals surface area contributed by atoms with Crippen molar-refractivity contribution in [2.45, 2.75) is 38.7 Å². The Morgan fingerprint density at radius 1 is 1.00 bits per heavy atom. The van der Waals surface area contributed by atoms with Crippen molar-refractivity contribution < 1.29 is 14.9 Å². The molecule has 2 N–H and O–H groups in total. The minimum absolute atomic E-state index is 0.0798. The number of alkyl halides is 1. The van der Waals surface area contributed by atoms with E-state index in [1.165, 1.54) is 16.7 Å². The second-order valence-corrected chi connectivity index (χ2v) is 8.62. The Hall–Kier alpha value is -1.97. The van der Waals surface area contributed by atoms with Crippen LogP contribution in [0.15, 0.2) is 48.5 Å². The van der Waals surface area contributed by atoms with E-state index in [4.69, 9.17) is 16.3 Å². The van der Waals surface area contributed by atoms with Crippen LogP contribution in [0.25, 0.3) is 11.1 Å². The standard InChI is InChI=1S/C24H27ClO3/c1-24-15-22(17-4-9-20(10-5-17)28-13-12-25)21(14-18(24)6-11-23(24)27)16-2-7-19(26)8-3-16/h2-5,7-10,18,23,26-27H,6,11-15H2,1H3. The van der Waals surface area contributed by atoms with Crippen LogP contribution >= 0.6 is 11.6 Å². The quantitative estimate of drug-likeness (QED) is 0.654. The van der Waals surface area contributed by atoms with Gasteiger partial charge in [-0.2, -0.15) is 0 Å². The highest BCUT2D eigenvalue weighted by molar-refractivity contribution is 6.18. The Labute approximate surface area is 171 Å². The van der Waals surface area contributed by atoms with E-state index >= 15 is 0 Å². The van der Waals surface area contributed by atoms with Crippen molar-refractivity contribution in [3.05, 3.63) is 59.7 Å². The van der Waals surface area contributed by atoms with Crippen LogP contribution in [0.4, 0.5) is 0 Å². The van der Waals surface area contributed by atoms with Crippen LogP contribution < -0.4 is 4.74 Å². The maximum absolute atomic E-state index is 10.7. The zero-order valence-corrected chi connectivity index (χ0v) is 17.0. The largest absolute Gasteiger partial charge is 0.508 e. The van der Waals surface area contributed by atoms with Crippen LogP contribution in [-0.2, 0) is 0 Å². The number of aliphatic hydroxyl groups is 1. The number of allylic oxidation sites excluding steroid dienone is 2. The van der Waals surface area contributed by atoms with Gasteiger partial charge in [0.15, 0.2) is 0 Å². The van der Waals surface area contributed by atoms with Gasteiger partial charge in [-0.15, -0.1) is 11.6 Å². The molecular weight excluding hydrogens is 372 g/mol. The molecule has 0 bridgehead atoms. The number of hydrogen-bond donors (Lipinski definition) is 2. The van der Waals surface area contributed by atoms with Crippen LogP contribution in [0.1, 0.15) is 43.7 Å². The Morgan fingerprint density at radius 2 is 1.64 bits per heavy atom. The normalized spacial score (nSPS) is 27.0. The first kappa shape index (κ1) is 19.4. The highest BCUT2D eigenvalue weighted by atomic mass is 35.5. The average molecular weight is 399 g/mol. The molecule has 1 fully saturated rings. The zero-order chi connectivity index (χ0) is 19.7. The summed E-state index contributed by atoms with van der Waals surface area (Å²) in [7, 11) is 0. The van der Waals surface area contributed by atoms with Crippen molar-refractivity contribution in [3.8, 4) is 11.5 Å². The first-order valence-corrected chi connectivity index (χ1v) is 10.5. The third-order valence-corrected chi connectivity index (χ3v) is 6.77. The maximum atomic E-state index is 10.7. The fourth-order valence-corrected chi connectivity index (χ4v) is 4.96. The van der Waals surface area contributed by atoms with Crippen LogP contribution in [0.5, 0.6) is 11.5 Å². The molecule has 3 nitrogen and oxygen atoms in total. The molecule has 4 heteroatoms. The predicted octanol–water partition coefficient (Wildman–Crippen LogP) is 5.49. The van der Waals surface area contributed by atoms with Crippen LogP contribution in [0.2, 0.25) is 0 Å². The SMILES string of the molecule is CC12CC(c3ccc(OCCCl)cc3)=C(c3ccc(O)cc3)CC1CCC2O. The first-order chi connectivity index (χ1) is 13.5. The lowest BCUT2D eigenvalue weighted by atomic mass is 9.64. The topological polar surface area (TPSA) is 49.7 Å². The molecule has 3 unspecified atom stereocenters. The molecule has 1 saturated carbocycles. The molecule has 3 atom stereocenters. The third kappa shape index (κ3) is 3.54. The van der Waals surface area contributed by atoms with Gasteiger partial charge in [0.25, 0.3) is 0 Å². The molecule has 0 radical (unpaired) electrons. The van der Waals surface area contributed by atoms with Gasteiger partial charge in [-0.05, 0) is 78.1 Å². The van der Waals surface area contributed by atoms with E-state index in [0.29, 0.717) is 18.4 Å². The van der Waals surface area contributed by atoms with Crippen molar-refractivity contribution in [3.63, 3.8) is 0 Å². The maximum Gasteiger partial charge on any atom is 0.119 e. The number of fused-ring (bicyclic) bond motifs is 1. The lowest BCUT2D eigenvalue weighted by Crippen LogP contribution is -2.35. The van der Waals surface area contributed by atoms with E-state index in [-0.39, 0.29) is 17.3 Å². The summed E-state index contributed by atoms with van der Waals surface area (Å²) in [5.41, 5.74) is 4.85. The average Bonchev–Trinajstić information content (AvgIpc) is 3.00. The van der Waals surface area contributed by atoms with Gasteiger partial charge in [0.05, 0.1) is 12.0 Å². The molecule has 2 aliphatic rings. The molecule has 28 heavy (non-hydrogen) atoms. The summed E-state index contributed by atoms with van der Waals surface area (Å²) >= 11 is 5.71. The van der Waals surface area contributed by atoms with E-state index < -0.39 is 0 Å². The van der Waals surface area contributed by atoms with Gasteiger partial charge < -0.3 is 14.9 Å². The van der Waals surface area contributed by atoms with E-state index in [2.05, 4.69) is 19.1 Å². The molecular formula is C24H27ClO3. The van der Waals surface area contributed by atoms with Gasteiger partial charge in [0.2, 0.25) is 0 Å². The molecule has 148 valence electrons. The van der Waals surface area contributed by atoms with E-state index in [0.717, 1.165) is 37.0 Å². The number of benzene rings is 2. The molecule has 0 aromatic heterocycles. The second kappa shape index (κ2) is 7.81. The Morgan fingerprint density at radius 3 is 2.32 bits per heavy atom. The lowest BCUT2D eigenvalue weighted by molar-refractivity contribution is 0.0422. The summed E-state index contributed by atoms with van der Waals surface area (Å²) in [5.74, 6) is 2.05. The summed E-state index contributed by atoms with van der Waals surface area (Å²) in [6.45, 7) is 2.73. The van der Waals surface area contributed by atoms with Gasteiger partial charge in [0, 0.05) is 5.41 Å². The van der Waals surface area contributed by atoms with Gasteiger partial charge in [-0.3, -0.25) is 0 Å². The van der Waals surface area contributed by atoms with Crippen LogP contribution in [0.3, 0.4) is 0 Å². The predicted molar refractivity (Wildman–Crippen MR) is 114 cm³/mol. The van der Waals surface area contributed by atoms with Crippen LogP contribution in [-0.4, -0.2) is 28.8 Å². The fourth-order valence-electron chi connectivity index (χ4n) is 4.88. The molecule has 0 amide bonds. The van der Waals surface area contributed by atoms with Crippen molar-refractivity contribution >= 4 is 22.7 Å². The zero-order valence-electron chi connectivity index (χ0n) is 16.2. The molecule has 2 aliphatic carbocycles. The van der Waals surface area contributed by atoms with Crippen molar-refractivity contribution in [2.75, 3.05) is 12.5 Å². The monoisotopic (exact) mass is 398 g/mol. The number of phenolic OH excluding ortho intramolecular Hbond substituents is 1. The minimum Gasteiger partial charge on any atom is -0.508 e. The smallest absolute Gasteiger partial charge is 0.119 e. The summed E-state index contributed by atoms with van der Waals surface area (Å²) < 4.78 is 5.61. The minimum atomic E-state index is -0.250. The number of aliphatic hydroxyl groups excluding tert-OH is 1. The molecule has 2 aromatic rings. The van der Waals surface area contributed by atoms with Gasteiger partial charge in [-0.25, -0.2) is 0 Å². The summed E-state index contributed by atoms with van der Waals surface area (Å²) in [6, 6.07) is 15.7. The highest BCUT2D eigenvalue weighted by Gasteiger charge is 2.49. The summed E-state index contributed by atoms with van der Waals surface area (Å²) in [5, 5.41) is 20.4. The van der Waals surface area contributed by atoms with Gasteiger partial charge >= 0.3 is 0 Å².